The van der Waals surface area contributed by atoms with Gasteiger partial charge in [-0.25, -0.2) is 0 Å². The van der Waals surface area contributed by atoms with Gasteiger partial charge in [0.15, 0.2) is 0 Å². The number of hydrogen-bond acceptors (Lipinski definition) is 3. The van der Waals surface area contributed by atoms with Crippen LogP contribution < -0.4 is 0 Å². The Morgan fingerprint density at radius 2 is 2.14 bits per heavy atom. The van der Waals surface area contributed by atoms with Gasteiger partial charge in [-0.05, 0) is 30.9 Å². The fourth-order valence-electron chi connectivity index (χ4n) is 3.14. The minimum absolute atomic E-state index is 0.259. The van der Waals surface area contributed by atoms with Crippen LogP contribution in [0, 0.1) is 5.92 Å². The highest BCUT2D eigenvalue weighted by molar-refractivity contribution is 5.75. The molecule has 22 heavy (non-hydrogen) atoms. The van der Waals surface area contributed by atoms with E-state index in [1.807, 2.05) is 34.6 Å². The molecule has 1 aliphatic rings. The van der Waals surface area contributed by atoms with E-state index in [1.54, 1.807) is 6.33 Å². The van der Waals surface area contributed by atoms with Crippen LogP contribution in [0.1, 0.15) is 32.0 Å². The van der Waals surface area contributed by atoms with Crippen molar-refractivity contribution in [2.24, 2.45) is 5.92 Å². The van der Waals surface area contributed by atoms with Crippen molar-refractivity contribution in [2.45, 2.75) is 32.6 Å². The van der Waals surface area contributed by atoms with Crippen LogP contribution in [0.5, 0.6) is 0 Å². The van der Waals surface area contributed by atoms with Gasteiger partial charge >= 0.3 is 0 Å². The van der Waals surface area contributed by atoms with Gasteiger partial charge in [-0.2, -0.15) is 0 Å². The van der Waals surface area contributed by atoms with Crippen molar-refractivity contribution in [2.75, 3.05) is 13.1 Å². The largest absolute Gasteiger partial charge is 0.342 e. The van der Waals surface area contributed by atoms with E-state index in [1.165, 1.54) is 0 Å². The Bertz CT molecular complexity index is 623. The molecule has 0 aliphatic carbocycles. The second kappa shape index (κ2) is 6.73. The molecule has 1 atom stereocenters. The van der Waals surface area contributed by atoms with Gasteiger partial charge in [0.2, 0.25) is 5.91 Å². The summed E-state index contributed by atoms with van der Waals surface area (Å²) in [6, 6.07) is 10.1. The molecule has 2 aromatic rings. The van der Waals surface area contributed by atoms with Crippen molar-refractivity contribution in [3.63, 3.8) is 0 Å². The summed E-state index contributed by atoms with van der Waals surface area (Å²) in [5.41, 5.74) is 1.08. The first-order valence-corrected chi connectivity index (χ1v) is 8.00. The monoisotopic (exact) mass is 298 g/mol. The summed E-state index contributed by atoms with van der Waals surface area (Å²) >= 11 is 0. The third-order valence-corrected chi connectivity index (χ3v) is 4.30. The normalized spacial score (nSPS) is 18.4. The zero-order valence-electron chi connectivity index (χ0n) is 13.0. The Kier molecular flexibility index (Phi) is 4.51. The highest BCUT2D eigenvalue weighted by Crippen LogP contribution is 2.21. The highest BCUT2D eigenvalue weighted by Gasteiger charge is 2.24. The summed E-state index contributed by atoms with van der Waals surface area (Å²) in [5.74, 6) is 1.70. The van der Waals surface area contributed by atoms with E-state index in [0.29, 0.717) is 12.3 Å². The van der Waals surface area contributed by atoms with E-state index in [9.17, 15) is 4.79 Å². The Labute approximate surface area is 131 Å². The molecular weight excluding hydrogens is 276 g/mol. The lowest BCUT2D eigenvalue weighted by atomic mass is 9.94. The van der Waals surface area contributed by atoms with Crippen LogP contribution in [0.4, 0.5) is 0 Å². The van der Waals surface area contributed by atoms with Crippen molar-refractivity contribution in [1.82, 2.24) is 19.7 Å². The Morgan fingerprint density at radius 3 is 2.91 bits per heavy atom. The maximum Gasteiger partial charge on any atom is 0.222 e. The number of hydrogen-bond donors (Lipinski definition) is 0. The quantitative estimate of drug-likeness (QED) is 0.871. The van der Waals surface area contributed by atoms with E-state index < -0.39 is 0 Å². The van der Waals surface area contributed by atoms with Gasteiger partial charge in [0.25, 0.3) is 0 Å². The first-order chi connectivity index (χ1) is 10.8. The summed E-state index contributed by atoms with van der Waals surface area (Å²) in [6.07, 6.45) is 5.45. The van der Waals surface area contributed by atoms with Crippen LogP contribution in [-0.4, -0.2) is 38.7 Å². The number of carbonyl (C=O) groups excluding carboxylic acids is 1. The standard InChI is InChI=1S/C17H22N4O/c1-2-17(22)20-10-6-7-14(12-20)11-16-19-18-13-21(16)15-8-4-3-5-9-15/h3-5,8-9,13-14H,2,6-7,10-12H2,1H3. The minimum atomic E-state index is 0.259. The molecule has 1 amide bonds. The summed E-state index contributed by atoms with van der Waals surface area (Å²) in [4.78, 5) is 13.9. The van der Waals surface area contributed by atoms with Gasteiger partial charge in [0.1, 0.15) is 12.2 Å². The van der Waals surface area contributed by atoms with Gasteiger partial charge in [-0.15, -0.1) is 10.2 Å². The number of benzene rings is 1. The molecule has 0 bridgehead atoms. The number of nitrogens with zero attached hydrogens (tertiary/aromatic N) is 4. The fraction of sp³-hybridized carbons (Fsp3) is 0.471. The maximum atomic E-state index is 11.9. The van der Waals surface area contributed by atoms with Crippen LogP contribution in [-0.2, 0) is 11.2 Å². The predicted molar refractivity (Wildman–Crippen MR) is 84.7 cm³/mol. The number of amides is 1. The maximum absolute atomic E-state index is 11.9. The highest BCUT2D eigenvalue weighted by atomic mass is 16.2. The number of likely N-dealkylation sites (tertiary alicyclic amines) is 1. The van der Waals surface area contributed by atoms with Crippen molar-refractivity contribution < 1.29 is 4.79 Å². The lowest BCUT2D eigenvalue weighted by Gasteiger charge is -2.32. The van der Waals surface area contributed by atoms with Gasteiger partial charge in [0.05, 0.1) is 0 Å². The number of piperidine rings is 1. The molecule has 1 aromatic carbocycles. The van der Waals surface area contributed by atoms with E-state index in [2.05, 4.69) is 22.3 Å². The molecule has 1 aliphatic heterocycles. The average molecular weight is 298 g/mol. The lowest BCUT2D eigenvalue weighted by Crippen LogP contribution is -2.40. The lowest BCUT2D eigenvalue weighted by molar-refractivity contribution is -0.132. The number of para-hydroxylation sites is 1. The molecule has 1 unspecified atom stereocenters. The molecule has 3 rings (SSSR count). The first-order valence-electron chi connectivity index (χ1n) is 8.00. The SMILES string of the molecule is CCC(=O)N1CCCC(Cc2nncn2-c2ccccc2)C1. The second-order valence-corrected chi connectivity index (χ2v) is 5.86. The molecule has 0 radical (unpaired) electrons. The fourth-order valence-corrected chi connectivity index (χ4v) is 3.14. The van der Waals surface area contributed by atoms with E-state index >= 15 is 0 Å². The van der Waals surface area contributed by atoms with E-state index in [-0.39, 0.29) is 5.91 Å². The van der Waals surface area contributed by atoms with Crippen LogP contribution in [0.2, 0.25) is 0 Å². The van der Waals surface area contributed by atoms with Crippen molar-refractivity contribution in [1.29, 1.82) is 0 Å². The zero-order chi connectivity index (χ0) is 15.4. The average Bonchev–Trinajstić information content (AvgIpc) is 3.03. The molecule has 0 N–H and O–H groups in total. The molecule has 1 fully saturated rings. The first kappa shape index (κ1) is 14.8. The van der Waals surface area contributed by atoms with Crippen LogP contribution in [0.15, 0.2) is 36.7 Å². The summed E-state index contributed by atoms with van der Waals surface area (Å²) in [7, 11) is 0. The number of rotatable bonds is 4. The molecule has 1 saturated heterocycles. The molecule has 5 nitrogen and oxygen atoms in total. The van der Waals surface area contributed by atoms with E-state index in [0.717, 1.165) is 43.9 Å². The van der Waals surface area contributed by atoms with Crippen LogP contribution >= 0.6 is 0 Å². The van der Waals surface area contributed by atoms with Crippen molar-refractivity contribution in [3.05, 3.63) is 42.5 Å². The Balaban J connectivity index is 1.72. The number of carbonyl (C=O) groups is 1. The predicted octanol–water partition coefficient (Wildman–Crippen LogP) is 2.46. The number of aromatic nitrogens is 3. The van der Waals surface area contributed by atoms with Gasteiger partial charge in [0, 0.05) is 31.6 Å². The molecule has 0 spiro atoms. The molecule has 2 heterocycles. The summed E-state index contributed by atoms with van der Waals surface area (Å²) in [5, 5.41) is 8.35. The molecule has 5 heteroatoms. The van der Waals surface area contributed by atoms with Gasteiger partial charge in [-0.1, -0.05) is 25.1 Å². The van der Waals surface area contributed by atoms with Crippen LogP contribution in [0.3, 0.4) is 0 Å². The molecule has 1 aromatic heterocycles. The Morgan fingerprint density at radius 1 is 1.32 bits per heavy atom. The summed E-state index contributed by atoms with van der Waals surface area (Å²) < 4.78 is 2.04. The van der Waals surface area contributed by atoms with Crippen molar-refractivity contribution >= 4 is 5.91 Å². The molecular formula is C17H22N4O. The third kappa shape index (κ3) is 3.18. The molecule has 116 valence electrons. The topological polar surface area (TPSA) is 51.0 Å². The summed E-state index contributed by atoms with van der Waals surface area (Å²) in [6.45, 7) is 3.67. The van der Waals surface area contributed by atoms with E-state index in [4.69, 9.17) is 0 Å². The van der Waals surface area contributed by atoms with Gasteiger partial charge in [-0.3, -0.25) is 9.36 Å². The smallest absolute Gasteiger partial charge is 0.222 e. The van der Waals surface area contributed by atoms with Gasteiger partial charge < -0.3 is 4.90 Å². The zero-order valence-corrected chi connectivity index (χ0v) is 13.0. The Hall–Kier alpha value is -2.17. The minimum Gasteiger partial charge on any atom is -0.342 e. The second-order valence-electron chi connectivity index (χ2n) is 5.86. The van der Waals surface area contributed by atoms with Crippen molar-refractivity contribution in [3.8, 4) is 5.69 Å². The van der Waals surface area contributed by atoms with Crippen LogP contribution in [0.25, 0.3) is 5.69 Å². The molecule has 0 saturated carbocycles. The third-order valence-electron chi connectivity index (χ3n) is 4.30.